The largest absolute Gasteiger partial charge is 0.334 e. The monoisotopic (exact) mass is 493 g/mol. The van der Waals surface area contributed by atoms with Crippen LogP contribution in [0.15, 0.2) is 57.9 Å². The standard InChI is InChI=1S/C22H28BrN3O3S/c1-2-21(18-8-10-19(23)11-9-18)25-22(27)24-16-17-6-12-20(13-7-17)30(28,29)26-14-4-3-5-15-26/h6-13,21H,2-5,14-16H2,1H3,(H2,24,25,27)/t21-/m1/s1. The molecule has 1 saturated heterocycles. The van der Waals surface area contributed by atoms with Gasteiger partial charge in [-0.2, -0.15) is 4.31 Å². The van der Waals surface area contributed by atoms with Crippen molar-refractivity contribution in [3.8, 4) is 0 Å². The lowest BCUT2D eigenvalue weighted by Gasteiger charge is -2.25. The second kappa shape index (κ2) is 10.4. The van der Waals surface area contributed by atoms with Crippen molar-refractivity contribution >= 4 is 32.0 Å². The fourth-order valence-electron chi connectivity index (χ4n) is 3.54. The van der Waals surface area contributed by atoms with Crippen molar-refractivity contribution in [2.75, 3.05) is 13.1 Å². The molecule has 30 heavy (non-hydrogen) atoms. The summed E-state index contributed by atoms with van der Waals surface area (Å²) in [6.45, 7) is 3.52. The SMILES string of the molecule is CC[C@@H](NC(=O)NCc1ccc(S(=O)(=O)N2CCCCC2)cc1)c1ccc(Br)cc1. The predicted octanol–water partition coefficient (Wildman–Crippen LogP) is 4.57. The Hall–Kier alpha value is -1.90. The Morgan fingerprint density at radius 1 is 1.03 bits per heavy atom. The number of nitrogens with one attached hydrogen (secondary N) is 2. The number of piperidine rings is 1. The van der Waals surface area contributed by atoms with E-state index < -0.39 is 10.0 Å². The van der Waals surface area contributed by atoms with Gasteiger partial charge < -0.3 is 10.6 Å². The van der Waals surface area contributed by atoms with Crippen molar-refractivity contribution in [3.63, 3.8) is 0 Å². The van der Waals surface area contributed by atoms with E-state index in [2.05, 4.69) is 26.6 Å². The van der Waals surface area contributed by atoms with Crippen LogP contribution in [-0.4, -0.2) is 31.8 Å². The molecule has 8 heteroatoms. The van der Waals surface area contributed by atoms with E-state index in [-0.39, 0.29) is 12.1 Å². The maximum atomic E-state index is 12.7. The number of nitrogens with zero attached hydrogens (tertiary/aromatic N) is 1. The molecule has 6 nitrogen and oxygen atoms in total. The molecule has 1 atom stereocenters. The van der Waals surface area contributed by atoms with Gasteiger partial charge in [-0.3, -0.25) is 0 Å². The average Bonchev–Trinajstić information content (AvgIpc) is 2.77. The molecule has 3 rings (SSSR count). The number of hydrogen-bond acceptors (Lipinski definition) is 3. The number of hydrogen-bond donors (Lipinski definition) is 2. The number of urea groups is 1. The molecule has 2 N–H and O–H groups in total. The lowest BCUT2D eigenvalue weighted by atomic mass is 10.1. The molecule has 0 aliphatic carbocycles. The number of carbonyl (C=O) groups is 1. The Bertz CT molecular complexity index is 941. The summed E-state index contributed by atoms with van der Waals surface area (Å²) in [6, 6.07) is 14.3. The van der Waals surface area contributed by atoms with Crippen LogP contribution in [0.2, 0.25) is 0 Å². The molecule has 0 radical (unpaired) electrons. The first-order valence-corrected chi connectivity index (χ1v) is 12.5. The minimum absolute atomic E-state index is 0.0739. The number of benzene rings is 2. The molecule has 2 aromatic carbocycles. The van der Waals surface area contributed by atoms with Crippen LogP contribution in [0, 0.1) is 0 Å². The summed E-state index contributed by atoms with van der Waals surface area (Å²) >= 11 is 3.42. The zero-order valence-corrected chi connectivity index (χ0v) is 19.5. The summed E-state index contributed by atoms with van der Waals surface area (Å²) in [5.74, 6) is 0. The molecule has 0 saturated carbocycles. The van der Waals surface area contributed by atoms with Crippen LogP contribution in [0.25, 0.3) is 0 Å². The van der Waals surface area contributed by atoms with E-state index in [0.717, 1.165) is 41.3 Å². The van der Waals surface area contributed by atoms with Crippen molar-refractivity contribution in [3.05, 3.63) is 64.1 Å². The zero-order chi connectivity index (χ0) is 21.6. The minimum atomic E-state index is -3.43. The van der Waals surface area contributed by atoms with Crippen molar-refractivity contribution in [1.29, 1.82) is 0 Å². The first-order valence-electron chi connectivity index (χ1n) is 10.3. The van der Waals surface area contributed by atoms with E-state index in [9.17, 15) is 13.2 Å². The maximum Gasteiger partial charge on any atom is 0.315 e. The van der Waals surface area contributed by atoms with Crippen LogP contribution in [0.4, 0.5) is 4.79 Å². The van der Waals surface area contributed by atoms with Gasteiger partial charge in [0, 0.05) is 24.1 Å². The number of rotatable bonds is 7. The summed E-state index contributed by atoms with van der Waals surface area (Å²) < 4.78 is 28.0. The Balaban J connectivity index is 1.55. The van der Waals surface area contributed by atoms with Gasteiger partial charge in [0.1, 0.15) is 0 Å². The van der Waals surface area contributed by atoms with Crippen LogP contribution in [0.5, 0.6) is 0 Å². The summed E-state index contributed by atoms with van der Waals surface area (Å²) in [4.78, 5) is 12.6. The normalized spacial score (nSPS) is 16.1. The van der Waals surface area contributed by atoms with E-state index >= 15 is 0 Å². The third-order valence-electron chi connectivity index (χ3n) is 5.32. The van der Waals surface area contributed by atoms with Crippen LogP contribution in [-0.2, 0) is 16.6 Å². The fourth-order valence-corrected chi connectivity index (χ4v) is 5.32. The third-order valence-corrected chi connectivity index (χ3v) is 7.76. The Kier molecular flexibility index (Phi) is 7.91. The van der Waals surface area contributed by atoms with Gasteiger partial charge in [0.15, 0.2) is 0 Å². The summed E-state index contributed by atoms with van der Waals surface area (Å²) in [7, 11) is -3.43. The lowest BCUT2D eigenvalue weighted by Crippen LogP contribution is -2.37. The summed E-state index contributed by atoms with van der Waals surface area (Å²) in [6.07, 6.45) is 3.68. The molecule has 162 valence electrons. The average molecular weight is 494 g/mol. The molecule has 0 bridgehead atoms. The molecule has 1 aliphatic heterocycles. The first kappa shape index (κ1) is 22.8. The van der Waals surface area contributed by atoms with Crippen LogP contribution in [0.1, 0.15) is 49.8 Å². The molecular formula is C22H28BrN3O3S. The topological polar surface area (TPSA) is 78.5 Å². The fraction of sp³-hybridized carbons (Fsp3) is 0.409. The van der Waals surface area contributed by atoms with E-state index in [4.69, 9.17) is 0 Å². The second-order valence-corrected chi connectivity index (χ2v) is 10.3. The van der Waals surface area contributed by atoms with Gasteiger partial charge in [-0.05, 0) is 54.7 Å². The van der Waals surface area contributed by atoms with Gasteiger partial charge in [-0.25, -0.2) is 13.2 Å². The molecular weight excluding hydrogens is 466 g/mol. The highest BCUT2D eigenvalue weighted by Gasteiger charge is 2.25. The summed E-state index contributed by atoms with van der Waals surface area (Å²) in [5.41, 5.74) is 1.89. The van der Waals surface area contributed by atoms with Crippen LogP contribution in [0.3, 0.4) is 0 Å². The van der Waals surface area contributed by atoms with Crippen molar-refractivity contribution in [1.82, 2.24) is 14.9 Å². The third kappa shape index (κ3) is 5.83. The quantitative estimate of drug-likeness (QED) is 0.592. The highest BCUT2D eigenvalue weighted by Crippen LogP contribution is 2.21. The number of sulfonamides is 1. The lowest BCUT2D eigenvalue weighted by molar-refractivity contribution is 0.236. The second-order valence-electron chi connectivity index (χ2n) is 7.45. The Morgan fingerprint density at radius 3 is 2.27 bits per heavy atom. The van der Waals surface area contributed by atoms with E-state index in [1.165, 1.54) is 0 Å². The molecule has 1 aliphatic rings. The summed E-state index contributed by atoms with van der Waals surface area (Å²) in [5, 5.41) is 5.83. The maximum absolute atomic E-state index is 12.7. The minimum Gasteiger partial charge on any atom is -0.334 e. The van der Waals surface area contributed by atoms with Crippen molar-refractivity contribution in [2.45, 2.75) is 50.1 Å². The van der Waals surface area contributed by atoms with Gasteiger partial charge in [-0.15, -0.1) is 0 Å². The Morgan fingerprint density at radius 2 is 1.67 bits per heavy atom. The molecule has 0 spiro atoms. The smallest absolute Gasteiger partial charge is 0.315 e. The van der Waals surface area contributed by atoms with Crippen molar-refractivity contribution in [2.24, 2.45) is 0 Å². The molecule has 2 amide bonds. The van der Waals surface area contributed by atoms with E-state index in [0.29, 0.717) is 24.5 Å². The first-order chi connectivity index (χ1) is 14.4. The zero-order valence-electron chi connectivity index (χ0n) is 17.1. The van der Waals surface area contributed by atoms with Gasteiger partial charge in [0.25, 0.3) is 0 Å². The van der Waals surface area contributed by atoms with E-state index in [1.807, 2.05) is 31.2 Å². The van der Waals surface area contributed by atoms with Gasteiger partial charge in [0.2, 0.25) is 10.0 Å². The van der Waals surface area contributed by atoms with Gasteiger partial charge in [0.05, 0.1) is 10.9 Å². The van der Waals surface area contributed by atoms with Gasteiger partial charge >= 0.3 is 6.03 Å². The number of amides is 2. The number of carbonyl (C=O) groups excluding carboxylic acids is 1. The predicted molar refractivity (Wildman–Crippen MR) is 122 cm³/mol. The van der Waals surface area contributed by atoms with Gasteiger partial charge in [-0.1, -0.05) is 53.5 Å². The van der Waals surface area contributed by atoms with Crippen LogP contribution < -0.4 is 10.6 Å². The highest BCUT2D eigenvalue weighted by molar-refractivity contribution is 9.10. The van der Waals surface area contributed by atoms with Crippen molar-refractivity contribution < 1.29 is 13.2 Å². The Labute approximate surface area is 187 Å². The number of halogens is 1. The molecule has 0 unspecified atom stereocenters. The molecule has 2 aromatic rings. The molecule has 1 heterocycles. The van der Waals surface area contributed by atoms with E-state index in [1.54, 1.807) is 28.6 Å². The molecule has 0 aromatic heterocycles. The molecule has 1 fully saturated rings. The van der Waals surface area contributed by atoms with Crippen LogP contribution >= 0.6 is 15.9 Å². The highest BCUT2D eigenvalue weighted by atomic mass is 79.9.